The molecule has 4 rings (SSSR count). The summed E-state index contributed by atoms with van der Waals surface area (Å²) in [6.07, 6.45) is 3.48. The average molecular weight is 582 g/mol. The van der Waals surface area contributed by atoms with Crippen molar-refractivity contribution in [2.24, 2.45) is 7.05 Å². The van der Waals surface area contributed by atoms with Gasteiger partial charge in [-0.1, -0.05) is 41.5 Å². The number of hydrogen-bond donors (Lipinski definition) is 0. The second-order valence-corrected chi connectivity index (χ2v) is 21.0. The Morgan fingerprint density at radius 2 is 1.59 bits per heavy atom. The molecule has 0 radical (unpaired) electrons. The molecule has 39 heavy (non-hydrogen) atoms. The van der Waals surface area contributed by atoms with Crippen LogP contribution < -0.4 is 0 Å². The van der Waals surface area contributed by atoms with Crippen molar-refractivity contribution < 1.29 is 27.2 Å². The van der Waals surface area contributed by atoms with E-state index in [0.717, 1.165) is 0 Å². The van der Waals surface area contributed by atoms with Crippen LogP contribution in [0.15, 0.2) is 0 Å². The quantitative estimate of drug-likeness (QED) is 0.246. The lowest BCUT2D eigenvalue weighted by atomic mass is 10.0. The summed E-state index contributed by atoms with van der Waals surface area (Å²) in [5.41, 5.74) is 2.47. The smallest absolute Gasteiger partial charge is 0.359 e. The van der Waals surface area contributed by atoms with Crippen LogP contribution in [0.3, 0.4) is 0 Å². The summed E-state index contributed by atoms with van der Waals surface area (Å²) in [5.74, 6) is -0.799. The van der Waals surface area contributed by atoms with Crippen molar-refractivity contribution in [1.82, 2.24) is 14.7 Å². The first-order valence-electron chi connectivity index (χ1n) is 14.6. The molecule has 0 aromatic carbocycles. The van der Waals surface area contributed by atoms with Gasteiger partial charge in [0.05, 0.1) is 16.1 Å². The van der Waals surface area contributed by atoms with Crippen LogP contribution >= 0.6 is 0 Å². The van der Waals surface area contributed by atoms with Crippen molar-refractivity contribution >= 4 is 30.0 Å². The zero-order valence-electron chi connectivity index (χ0n) is 25.0. The molecule has 220 valence electrons. The van der Waals surface area contributed by atoms with E-state index in [9.17, 15) is 18.0 Å². The second-order valence-electron chi connectivity index (χ2n) is 12.8. The van der Waals surface area contributed by atoms with Gasteiger partial charge in [0.15, 0.2) is 23.8 Å². The zero-order valence-corrected chi connectivity index (χ0v) is 26.8. The number of rotatable bonds is 13. The SMILES string of the molecule is CCOC(=O)c1nn(C)c2c1CCN(CC1(S(=O)(=O)C3(CCO[Si](C(C)C)(C(C)C)C(C)C)CC3)CC1)C2=O. The van der Waals surface area contributed by atoms with Gasteiger partial charge in [0.2, 0.25) is 0 Å². The lowest BCUT2D eigenvalue weighted by Crippen LogP contribution is -2.50. The van der Waals surface area contributed by atoms with Gasteiger partial charge >= 0.3 is 5.97 Å². The third kappa shape index (κ3) is 4.90. The number of nitrogens with zero attached hydrogens (tertiary/aromatic N) is 3. The zero-order chi connectivity index (χ0) is 29.0. The molecular formula is C28H47N3O6SSi. The molecule has 2 fully saturated rings. The van der Waals surface area contributed by atoms with Gasteiger partial charge in [0.1, 0.15) is 5.69 Å². The van der Waals surface area contributed by atoms with E-state index < -0.39 is 33.6 Å². The maximum absolute atomic E-state index is 14.2. The van der Waals surface area contributed by atoms with Crippen molar-refractivity contribution in [3.63, 3.8) is 0 Å². The molecule has 11 heteroatoms. The highest BCUT2D eigenvalue weighted by molar-refractivity contribution is 7.94. The van der Waals surface area contributed by atoms with E-state index in [1.54, 1.807) is 18.9 Å². The van der Waals surface area contributed by atoms with Crippen molar-refractivity contribution in [3.8, 4) is 0 Å². The first-order chi connectivity index (χ1) is 18.2. The fourth-order valence-corrected chi connectivity index (χ4v) is 15.6. The number of hydrogen-bond acceptors (Lipinski definition) is 7. The standard InChI is InChI=1S/C28H47N3O6SSi/c1-9-36-26(33)23-22-10-16-31(25(32)24(22)30(8)29-23)18-28(13-14-28)38(34,35)27(11-12-27)15-17-37-39(19(2)3,20(4)5)21(6)7/h19-21H,9-18H2,1-8H3. The third-order valence-corrected chi connectivity index (χ3v) is 19.1. The molecule has 1 amide bonds. The summed E-state index contributed by atoms with van der Waals surface area (Å²) < 4.78 is 40.0. The van der Waals surface area contributed by atoms with Crippen LogP contribution in [-0.4, -0.2) is 79.1 Å². The van der Waals surface area contributed by atoms with Gasteiger partial charge in [-0.2, -0.15) is 5.10 Å². The fraction of sp³-hybridized carbons (Fsp3) is 0.821. The lowest BCUT2D eigenvalue weighted by molar-refractivity contribution is 0.0517. The Morgan fingerprint density at radius 3 is 2.08 bits per heavy atom. The number of fused-ring (bicyclic) bond motifs is 1. The summed E-state index contributed by atoms with van der Waals surface area (Å²) in [6.45, 7) is 16.5. The Bertz CT molecular complexity index is 1190. The van der Waals surface area contributed by atoms with Crippen LogP contribution in [0.25, 0.3) is 0 Å². The van der Waals surface area contributed by atoms with Crippen molar-refractivity contribution in [2.75, 3.05) is 26.3 Å². The Balaban J connectivity index is 1.48. The molecule has 1 aliphatic heterocycles. The van der Waals surface area contributed by atoms with E-state index in [1.807, 2.05) is 0 Å². The van der Waals surface area contributed by atoms with Gasteiger partial charge in [-0.15, -0.1) is 0 Å². The molecule has 0 saturated heterocycles. The number of ether oxygens (including phenoxy) is 1. The fourth-order valence-electron chi connectivity index (χ4n) is 7.25. The minimum atomic E-state index is -3.48. The Labute approximate surface area is 235 Å². The summed E-state index contributed by atoms with van der Waals surface area (Å²) in [4.78, 5) is 27.5. The van der Waals surface area contributed by atoms with Gasteiger partial charge in [-0.05, 0) is 62.1 Å². The van der Waals surface area contributed by atoms with E-state index in [2.05, 4.69) is 46.6 Å². The average Bonchev–Trinajstić information content (AvgIpc) is 3.77. The molecular weight excluding hydrogens is 534 g/mol. The predicted molar refractivity (Wildman–Crippen MR) is 153 cm³/mol. The summed E-state index contributed by atoms with van der Waals surface area (Å²) in [5, 5.41) is 4.26. The molecule has 3 aliphatic rings. The maximum atomic E-state index is 14.2. The highest BCUT2D eigenvalue weighted by Gasteiger charge is 2.67. The van der Waals surface area contributed by atoms with Crippen molar-refractivity contribution in [3.05, 3.63) is 17.0 Å². The highest BCUT2D eigenvalue weighted by atomic mass is 32.2. The molecule has 1 aromatic heterocycles. The molecule has 0 spiro atoms. The molecule has 0 unspecified atom stereocenters. The summed E-state index contributed by atoms with van der Waals surface area (Å²) in [6, 6.07) is 0. The van der Waals surface area contributed by atoms with Crippen LogP contribution in [0.1, 0.15) is 107 Å². The van der Waals surface area contributed by atoms with Gasteiger partial charge in [0.25, 0.3) is 5.91 Å². The summed E-state index contributed by atoms with van der Waals surface area (Å²) >= 11 is 0. The minimum Gasteiger partial charge on any atom is -0.461 e. The van der Waals surface area contributed by atoms with Crippen molar-refractivity contribution in [1.29, 1.82) is 0 Å². The number of carbonyl (C=O) groups excluding carboxylic acids is 2. The number of aryl methyl sites for hydroxylation is 1. The Kier molecular flexibility index (Phi) is 8.22. The summed E-state index contributed by atoms with van der Waals surface area (Å²) in [7, 11) is -3.91. The normalized spacial score (nSPS) is 20.1. The molecule has 1 aromatic rings. The largest absolute Gasteiger partial charge is 0.461 e. The number of sulfone groups is 1. The van der Waals surface area contributed by atoms with E-state index in [1.165, 1.54) is 4.68 Å². The second kappa shape index (κ2) is 10.6. The molecule has 2 aliphatic carbocycles. The highest BCUT2D eigenvalue weighted by Crippen LogP contribution is 2.58. The number of aromatic nitrogens is 2. The molecule has 0 N–H and O–H groups in total. The first-order valence-corrected chi connectivity index (χ1v) is 18.2. The van der Waals surface area contributed by atoms with E-state index >= 15 is 0 Å². The van der Waals surface area contributed by atoms with Crippen LogP contribution in [0.4, 0.5) is 0 Å². The molecule has 2 heterocycles. The predicted octanol–water partition coefficient (Wildman–Crippen LogP) is 4.66. The van der Waals surface area contributed by atoms with Crippen molar-refractivity contribution in [2.45, 2.75) is 113 Å². The maximum Gasteiger partial charge on any atom is 0.359 e. The first kappa shape index (κ1) is 30.2. The van der Waals surface area contributed by atoms with Crippen LogP contribution in [-0.2, 0) is 32.5 Å². The van der Waals surface area contributed by atoms with E-state index in [4.69, 9.17) is 9.16 Å². The third-order valence-electron chi connectivity index (χ3n) is 9.59. The molecule has 9 nitrogen and oxygen atoms in total. The Hall–Kier alpha value is -1.72. The number of esters is 1. The van der Waals surface area contributed by atoms with Crippen LogP contribution in [0.2, 0.25) is 16.6 Å². The van der Waals surface area contributed by atoms with Crippen LogP contribution in [0.5, 0.6) is 0 Å². The van der Waals surface area contributed by atoms with Gasteiger partial charge in [-0.3, -0.25) is 9.48 Å². The lowest BCUT2D eigenvalue weighted by Gasteiger charge is -2.42. The minimum absolute atomic E-state index is 0.178. The number of amides is 1. The van der Waals surface area contributed by atoms with E-state index in [0.29, 0.717) is 79.6 Å². The van der Waals surface area contributed by atoms with Crippen LogP contribution in [0, 0.1) is 0 Å². The monoisotopic (exact) mass is 581 g/mol. The topological polar surface area (TPSA) is 108 Å². The molecule has 0 bridgehead atoms. The van der Waals surface area contributed by atoms with E-state index in [-0.39, 0.29) is 24.8 Å². The molecule has 2 saturated carbocycles. The molecule has 0 atom stereocenters. The van der Waals surface area contributed by atoms with Gasteiger partial charge in [0, 0.05) is 32.3 Å². The number of carbonyl (C=O) groups is 2. The van der Waals surface area contributed by atoms with Gasteiger partial charge in [-0.25, -0.2) is 13.2 Å². The van der Waals surface area contributed by atoms with Gasteiger partial charge < -0.3 is 14.1 Å². The Morgan fingerprint density at radius 1 is 1.03 bits per heavy atom.